The van der Waals surface area contributed by atoms with E-state index < -0.39 is 10.0 Å². The smallest absolute Gasteiger partial charge is 0.293 e. The van der Waals surface area contributed by atoms with Crippen molar-refractivity contribution in [2.24, 2.45) is 0 Å². The van der Waals surface area contributed by atoms with Crippen LogP contribution in [0.15, 0.2) is 44.2 Å². The molecule has 0 spiro atoms. The van der Waals surface area contributed by atoms with Crippen LogP contribution >= 0.6 is 0 Å². The SMILES string of the molecule is CNS(=O)(=O)c1cc(-c2nc(-c3ccc(F)cc3)no2)oc1C. The molecular formula is C14H12FN3O4S. The average molecular weight is 337 g/mol. The standard InChI is InChI=1S/C14H12FN3O4S/c1-8-12(23(19,20)16-2)7-11(21-8)14-17-13(18-22-14)9-3-5-10(15)6-4-9/h3-7,16H,1-2H3. The summed E-state index contributed by atoms with van der Waals surface area (Å²) in [6.45, 7) is 1.52. The quantitative estimate of drug-likeness (QED) is 0.785. The number of furan rings is 1. The Labute approximate surface area is 131 Å². The topological polar surface area (TPSA) is 98.2 Å². The maximum atomic E-state index is 12.9. The molecule has 0 amide bonds. The molecule has 0 fully saturated rings. The molecule has 2 heterocycles. The summed E-state index contributed by atoms with van der Waals surface area (Å²) < 4.78 is 49.3. The van der Waals surface area contributed by atoms with Crippen molar-refractivity contribution in [2.45, 2.75) is 11.8 Å². The summed E-state index contributed by atoms with van der Waals surface area (Å²) >= 11 is 0. The number of rotatable bonds is 4. The van der Waals surface area contributed by atoms with Crippen LogP contribution in [0.3, 0.4) is 0 Å². The second-order valence-electron chi connectivity index (χ2n) is 4.67. The lowest BCUT2D eigenvalue weighted by atomic mass is 10.2. The summed E-state index contributed by atoms with van der Waals surface area (Å²) in [6, 6.07) is 6.88. The Morgan fingerprint density at radius 2 is 1.91 bits per heavy atom. The third-order valence-corrected chi connectivity index (χ3v) is 4.69. The molecule has 0 atom stereocenters. The number of aromatic nitrogens is 2. The van der Waals surface area contributed by atoms with Gasteiger partial charge in [0.2, 0.25) is 15.8 Å². The molecule has 0 aliphatic carbocycles. The molecule has 0 aliphatic rings. The Bertz CT molecular complexity index is 945. The number of halogens is 1. The third-order valence-electron chi connectivity index (χ3n) is 3.17. The Morgan fingerprint density at radius 3 is 2.57 bits per heavy atom. The number of benzene rings is 1. The first-order valence-corrected chi connectivity index (χ1v) is 8.03. The van der Waals surface area contributed by atoms with E-state index in [1.54, 1.807) is 0 Å². The predicted octanol–water partition coefficient (Wildman–Crippen LogP) is 2.35. The zero-order valence-corrected chi connectivity index (χ0v) is 13.0. The van der Waals surface area contributed by atoms with E-state index in [1.165, 1.54) is 44.3 Å². The van der Waals surface area contributed by atoms with Crippen molar-refractivity contribution in [3.05, 3.63) is 41.9 Å². The summed E-state index contributed by atoms with van der Waals surface area (Å²) in [5.74, 6) is 0.242. The van der Waals surface area contributed by atoms with Crippen molar-refractivity contribution in [3.8, 4) is 23.0 Å². The van der Waals surface area contributed by atoms with Crippen molar-refractivity contribution >= 4 is 10.0 Å². The largest absolute Gasteiger partial charge is 0.455 e. The molecule has 3 rings (SSSR count). The first-order valence-electron chi connectivity index (χ1n) is 6.55. The van der Waals surface area contributed by atoms with Gasteiger partial charge in [-0.2, -0.15) is 4.98 Å². The van der Waals surface area contributed by atoms with E-state index in [0.29, 0.717) is 5.56 Å². The third kappa shape index (κ3) is 2.88. The fourth-order valence-corrected chi connectivity index (χ4v) is 2.89. The highest BCUT2D eigenvalue weighted by Crippen LogP contribution is 2.28. The first-order chi connectivity index (χ1) is 10.9. The van der Waals surface area contributed by atoms with Crippen LogP contribution in [0.1, 0.15) is 5.76 Å². The predicted molar refractivity (Wildman–Crippen MR) is 78.4 cm³/mol. The molecule has 9 heteroatoms. The van der Waals surface area contributed by atoms with E-state index in [9.17, 15) is 12.8 Å². The van der Waals surface area contributed by atoms with E-state index in [4.69, 9.17) is 8.94 Å². The summed E-state index contributed by atoms with van der Waals surface area (Å²) in [5, 5.41) is 3.78. The van der Waals surface area contributed by atoms with Gasteiger partial charge in [-0.05, 0) is 38.2 Å². The van der Waals surface area contributed by atoms with Crippen LogP contribution in [-0.4, -0.2) is 25.6 Å². The Hall–Kier alpha value is -2.52. The molecule has 2 aromatic heterocycles. The number of nitrogens with zero attached hydrogens (tertiary/aromatic N) is 2. The van der Waals surface area contributed by atoms with Gasteiger partial charge in [0.05, 0.1) is 0 Å². The molecule has 23 heavy (non-hydrogen) atoms. The number of aryl methyl sites for hydroxylation is 1. The summed E-state index contributed by atoms with van der Waals surface area (Å²) in [7, 11) is -2.34. The van der Waals surface area contributed by atoms with Gasteiger partial charge in [-0.1, -0.05) is 5.16 Å². The van der Waals surface area contributed by atoms with Gasteiger partial charge in [0.25, 0.3) is 5.89 Å². The monoisotopic (exact) mass is 337 g/mol. The van der Waals surface area contributed by atoms with Gasteiger partial charge in [0.1, 0.15) is 16.5 Å². The van der Waals surface area contributed by atoms with Gasteiger partial charge in [-0.25, -0.2) is 17.5 Å². The Balaban J connectivity index is 1.98. The maximum absolute atomic E-state index is 12.9. The van der Waals surface area contributed by atoms with Crippen molar-refractivity contribution in [3.63, 3.8) is 0 Å². The number of nitrogens with one attached hydrogen (secondary N) is 1. The molecule has 0 saturated heterocycles. The molecule has 3 aromatic rings. The Kier molecular flexibility index (Phi) is 3.74. The lowest BCUT2D eigenvalue weighted by Crippen LogP contribution is -2.18. The van der Waals surface area contributed by atoms with Gasteiger partial charge in [0.15, 0.2) is 5.76 Å². The minimum absolute atomic E-state index is 0.00321. The van der Waals surface area contributed by atoms with Crippen LogP contribution in [0.5, 0.6) is 0 Å². The number of sulfonamides is 1. The van der Waals surface area contributed by atoms with Gasteiger partial charge in [-0.15, -0.1) is 0 Å². The molecule has 0 radical (unpaired) electrons. The lowest BCUT2D eigenvalue weighted by Gasteiger charge is -1.97. The minimum atomic E-state index is -3.64. The zero-order chi connectivity index (χ0) is 16.6. The molecule has 0 bridgehead atoms. The van der Waals surface area contributed by atoms with Crippen molar-refractivity contribution in [1.82, 2.24) is 14.9 Å². The first kappa shape index (κ1) is 15.4. The number of hydrogen-bond donors (Lipinski definition) is 1. The molecule has 0 aliphatic heterocycles. The van der Waals surface area contributed by atoms with Crippen LogP contribution in [0, 0.1) is 12.7 Å². The molecule has 1 N–H and O–H groups in total. The van der Waals surface area contributed by atoms with E-state index in [0.717, 1.165) is 0 Å². The minimum Gasteiger partial charge on any atom is -0.455 e. The van der Waals surface area contributed by atoms with Gasteiger partial charge in [-0.3, -0.25) is 0 Å². The van der Waals surface area contributed by atoms with E-state index in [2.05, 4.69) is 14.9 Å². The summed E-state index contributed by atoms with van der Waals surface area (Å²) in [6.07, 6.45) is 0. The van der Waals surface area contributed by atoms with Crippen molar-refractivity contribution in [1.29, 1.82) is 0 Å². The van der Waals surface area contributed by atoms with E-state index in [-0.39, 0.29) is 33.9 Å². The van der Waals surface area contributed by atoms with Crippen molar-refractivity contribution < 1.29 is 21.7 Å². The molecule has 1 aromatic carbocycles. The fourth-order valence-electron chi connectivity index (χ4n) is 1.99. The molecule has 0 saturated carbocycles. The molecule has 120 valence electrons. The summed E-state index contributed by atoms with van der Waals surface area (Å²) in [5.41, 5.74) is 0.563. The highest BCUT2D eigenvalue weighted by Gasteiger charge is 2.23. The summed E-state index contributed by atoms with van der Waals surface area (Å²) in [4.78, 5) is 4.13. The average Bonchev–Trinajstić information content (AvgIpc) is 3.15. The zero-order valence-electron chi connectivity index (χ0n) is 12.2. The normalized spacial score (nSPS) is 11.8. The molecule has 7 nitrogen and oxygen atoms in total. The molecule has 0 unspecified atom stereocenters. The number of hydrogen-bond acceptors (Lipinski definition) is 6. The lowest BCUT2D eigenvalue weighted by molar-refractivity contribution is 0.413. The van der Waals surface area contributed by atoms with Crippen LogP contribution in [0.4, 0.5) is 4.39 Å². The fraction of sp³-hybridized carbons (Fsp3) is 0.143. The van der Waals surface area contributed by atoms with E-state index >= 15 is 0 Å². The van der Waals surface area contributed by atoms with Crippen LogP contribution in [0.2, 0.25) is 0 Å². The Morgan fingerprint density at radius 1 is 1.22 bits per heavy atom. The van der Waals surface area contributed by atoms with Crippen LogP contribution in [0.25, 0.3) is 23.0 Å². The van der Waals surface area contributed by atoms with Gasteiger partial charge in [0, 0.05) is 11.6 Å². The van der Waals surface area contributed by atoms with Gasteiger partial charge < -0.3 is 8.94 Å². The van der Waals surface area contributed by atoms with Crippen LogP contribution < -0.4 is 4.72 Å². The van der Waals surface area contributed by atoms with E-state index in [1.807, 2.05) is 0 Å². The second kappa shape index (κ2) is 5.60. The molecular weight excluding hydrogens is 325 g/mol. The van der Waals surface area contributed by atoms with Crippen molar-refractivity contribution in [2.75, 3.05) is 7.05 Å². The van der Waals surface area contributed by atoms with Gasteiger partial charge >= 0.3 is 0 Å². The highest BCUT2D eigenvalue weighted by molar-refractivity contribution is 7.89. The maximum Gasteiger partial charge on any atom is 0.293 e. The van der Waals surface area contributed by atoms with Crippen LogP contribution in [-0.2, 0) is 10.0 Å². The second-order valence-corrected chi connectivity index (χ2v) is 6.52. The highest BCUT2D eigenvalue weighted by atomic mass is 32.2.